The number of ether oxygens (including phenoxy) is 2. The number of aliphatic hydroxyl groups excluding tert-OH is 1. The van der Waals surface area contributed by atoms with Crippen LogP contribution in [0.5, 0.6) is 0 Å². The summed E-state index contributed by atoms with van der Waals surface area (Å²) in [5.74, 6) is 0. The largest absolute Gasteiger partial charge is 0.394 e. The molecule has 3 rings (SSSR count). The van der Waals surface area contributed by atoms with Gasteiger partial charge in [-0.15, -0.1) is 0 Å². The first-order valence-electron chi connectivity index (χ1n) is 8.47. The van der Waals surface area contributed by atoms with Crippen LogP contribution < -0.4 is 0 Å². The van der Waals surface area contributed by atoms with Crippen LogP contribution in [0.4, 0.5) is 0 Å². The fraction of sp³-hybridized carbons (Fsp3) is 0.400. The fourth-order valence-corrected chi connectivity index (χ4v) is 2.98. The van der Waals surface area contributed by atoms with Crippen molar-refractivity contribution < 1.29 is 14.6 Å². The van der Waals surface area contributed by atoms with Crippen LogP contribution in [-0.2, 0) is 22.6 Å². The average molecular weight is 327 g/mol. The molecular weight excluding hydrogens is 302 g/mol. The minimum Gasteiger partial charge on any atom is -0.394 e. The average Bonchev–Trinajstić information content (AvgIpc) is 2.64. The van der Waals surface area contributed by atoms with Crippen molar-refractivity contribution in [2.45, 2.75) is 25.3 Å². The predicted octanol–water partition coefficient (Wildman–Crippen LogP) is 2.47. The molecule has 1 aliphatic rings. The van der Waals surface area contributed by atoms with Gasteiger partial charge in [0.05, 0.1) is 38.6 Å². The molecule has 1 aliphatic heterocycles. The summed E-state index contributed by atoms with van der Waals surface area (Å²) in [7, 11) is 0. The molecule has 4 nitrogen and oxygen atoms in total. The smallest absolute Gasteiger partial charge is 0.0933 e. The van der Waals surface area contributed by atoms with Gasteiger partial charge in [-0.05, 0) is 11.1 Å². The molecule has 1 N–H and O–H groups in total. The van der Waals surface area contributed by atoms with Crippen LogP contribution in [0, 0.1) is 0 Å². The highest BCUT2D eigenvalue weighted by atomic mass is 16.5. The van der Waals surface area contributed by atoms with E-state index in [-0.39, 0.29) is 18.8 Å². The van der Waals surface area contributed by atoms with Gasteiger partial charge in [-0.2, -0.15) is 0 Å². The van der Waals surface area contributed by atoms with Crippen LogP contribution >= 0.6 is 0 Å². The van der Waals surface area contributed by atoms with Gasteiger partial charge in [-0.25, -0.2) is 0 Å². The molecule has 0 aromatic heterocycles. The molecular formula is C20H25NO3. The first-order chi connectivity index (χ1) is 11.8. The summed E-state index contributed by atoms with van der Waals surface area (Å²) in [6, 6.07) is 20.8. The van der Waals surface area contributed by atoms with E-state index in [9.17, 15) is 5.11 Å². The van der Waals surface area contributed by atoms with Crippen molar-refractivity contribution >= 4 is 0 Å². The van der Waals surface area contributed by atoms with E-state index in [4.69, 9.17) is 9.47 Å². The van der Waals surface area contributed by atoms with Crippen molar-refractivity contribution in [1.29, 1.82) is 0 Å². The van der Waals surface area contributed by atoms with Crippen molar-refractivity contribution in [3.8, 4) is 0 Å². The first kappa shape index (κ1) is 17.1. The van der Waals surface area contributed by atoms with Crippen LogP contribution in [0.25, 0.3) is 0 Å². The lowest BCUT2D eigenvalue weighted by molar-refractivity contribution is -0.104. The topological polar surface area (TPSA) is 41.9 Å². The number of benzene rings is 2. The Kier molecular flexibility index (Phi) is 6.38. The molecule has 0 saturated carbocycles. The lowest BCUT2D eigenvalue weighted by atomic mass is 10.1. The summed E-state index contributed by atoms with van der Waals surface area (Å²) >= 11 is 0. The maximum Gasteiger partial charge on any atom is 0.0933 e. The molecule has 1 fully saturated rings. The first-order valence-corrected chi connectivity index (χ1v) is 8.47. The molecule has 128 valence electrons. The molecule has 4 heteroatoms. The molecule has 0 aliphatic carbocycles. The van der Waals surface area contributed by atoms with E-state index < -0.39 is 0 Å². The van der Waals surface area contributed by atoms with Crippen molar-refractivity contribution in [2.24, 2.45) is 0 Å². The van der Waals surface area contributed by atoms with E-state index >= 15 is 0 Å². The van der Waals surface area contributed by atoms with Gasteiger partial charge >= 0.3 is 0 Å². The molecule has 2 unspecified atom stereocenters. The summed E-state index contributed by atoms with van der Waals surface area (Å²) in [6.07, 6.45) is -0.112. The SMILES string of the molecule is OCC1CN(Cc2ccccc2)C(COCc2ccccc2)CO1. The van der Waals surface area contributed by atoms with Gasteiger partial charge in [0, 0.05) is 13.1 Å². The third-order valence-electron chi connectivity index (χ3n) is 4.33. The zero-order valence-electron chi connectivity index (χ0n) is 13.9. The summed E-state index contributed by atoms with van der Waals surface area (Å²) in [4.78, 5) is 2.35. The second-order valence-electron chi connectivity index (χ2n) is 6.21. The van der Waals surface area contributed by atoms with E-state index in [2.05, 4.69) is 41.3 Å². The van der Waals surface area contributed by atoms with Gasteiger partial charge in [0.15, 0.2) is 0 Å². The maximum absolute atomic E-state index is 9.40. The molecule has 0 spiro atoms. The lowest BCUT2D eigenvalue weighted by Crippen LogP contribution is -2.52. The van der Waals surface area contributed by atoms with Crippen molar-refractivity contribution in [1.82, 2.24) is 4.90 Å². The highest BCUT2D eigenvalue weighted by Crippen LogP contribution is 2.16. The summed E-state index contributed by atoms with van der Waals surface area (Å²) in [5.41, 5.74) is 2.45. The zero-order chi connectivity index (χ0) is 16.6. The molecule has 24 heavy (non-hydrogen) atoms. The van der Waals surface area contributed by atoms with Crippen LogP contribution in [0.2, 0.25) is 0 Å². The Morgan fingerprint density at radius 1 is 1.00 bits per heavy atom. The van der Waals surface area contributed by atoms with Crippen LogP contribution in [0.1, 0.15) is 11.1 Å². The van der Waals surface area contributed by atoms with Gasteiger partial charge in [-0.3, -0.25) is 4.90 Å². The number of hydrogen-bond acceptors (Lipinski definition) is 4. The van der Waals surface area contributed by atoms with Gasteiger partial charge in [-0.1, -0.05) is 60.7 Å². The van der Waals surface area contributed by atoms with Gasteiger partial charge in [0.1, 0.15) is 0 Å². The lowest BCUT2D eigenvalue weighted by Gasteiger charge is -2.39. The molecule has 0 bridgehead atoms. The van der Waals surface area contributed by atoms with E-state index in [0.717, 1.165) is 13.1 Å². The quantitative estimate of drug-likeness (QED) is 0.848. The van der Waals surface area contributed by atoms with Crippen LogP contribution in [-0.4, -0.2) is 48.5 Å². The standard InChI is InChI=1S/C20H25NO3/c22-13-20-12-21(11-17-7-3-1-4-8-17)19(16-24-20)15-23-14-18-9-5-2-6-10-18/h1-10,19-20,22H,11-16H2. The minimum absolute atomic E-state index is 0.0584. The predicted molar refractivity (Wildman–Crippen MR) is 93.6 cm³/mol. The van der Waals surface area contributed by atoms with Gasteiger partial charge in [0.2, 0.25) is 0 Å². The Hall–Kier alpha value is -1.72. The molecule has 0 radical (unpaired) electrons. The normalized spacial score (nSPS) is 21.7. The Balaban J connectivity index is 1.56. The monoisotopic (exact) mass is 327 g/mol. The Bertz CT molecular complexity index is 590. The van der Waals surface area contributed by atoms with Crippen molar-refractivity contribution in [3.05, 3.63) is 71.8 Å². The highest BCUT2D eigenvalue weighted by molar-refractivity contribution is 5.15. The van der Waals surface area contributed by atoms with Gasteiger partial charge in [0.25, 0.3) is 0 Å². The number of nitrogens with zero attached hydrogens (tertiary/aromatic N) is 1. The van der Waals surface area contributed by atoms with E-state index in [1.54, 1.807) is 0 Å². The summed E-state index contributed by atoms with van der Waals surface area (Å²) < 4.78 is 11.7. The minimum atomic E-state index is -0.112. The summed E-state index contributed by atoms with van der Waals surface area (Å²) in [5, 5.41) is 9.40. The maximum atomic E-state index is 9.40. The Morgan fingerprint density at radius 3 is 2.33 bits per heavy atom. The van der Waals surface area contributed by atoms with Crippen molar-refractivity contribution in [3.63, 3.8) is 0 Å². The van der Waals surface area contributed by atoms with E-state index in [1.165, 1.54) is 11.1 Å². The molecule has 1 heterocycles. The molecule has 2 aromatic carbocycles. The van der Waals surface area contributed by atoms with Gasteiger partial charge < -0.3 is 14.6 Å². The van der Waals surface area contributed by atoms with E-state index in [1.807, 2.05) is 24.3 Å². The summed E-state index contributed by atoms with van der Waals surface area (Å²) in [6.45, 7) is 3.46. The highest BCUT2D eigenvalue weighted by Gasteiger charge is 2.28. The molecule has 1 saturated heterocycles. The van der Waals surface area contributed by atoms with Crippen LogP contribution in [0.3, 0.4) is 0 Å². The molecule has 2 aromatic rings. The number of aliphatic hydroxyl groups is 1. The number of rotatable bonds is 7. The van der Waals surface area contributed by atoms with Crippen LogP contribution in [0.15, 0.2) is 60.7 Å². The molecule has 2 atom stereocenters. The third kappa shape index (κ3) is 4.89. The Morgan fingerprint density at radius 2 is 1.67 bits per heavy atom. The third-order valence-corrected chi connectivity index (χ3v) is 4.33. The zero-order valence-corrected chi connectivity index (χ0v) is 13.9. The number of morpholine rings is 1. The second kappa shape index (κ2) is 8.94. The van der Waals surface area contributed by atoms with Crippen molar-refractivity contribution in [2.75, 3.05) is 26.4 Å². The number of hydrogen-bond donors (Lipinski definition) is 1. The molecule has 0 amide bonds. The van der Waals surface area contributed by atoms with E-state index in [0.29, 0.717) is 19.8 Å². The Labute approximate surface area is 143 Å². The second-order valence-corrected chi connectivity index (χ2v) is 6.21. The fourth-order valence-electron chi connectivity index (χ4n) is 2.98.